The van der Waals surface area contributed by atoms with Crippen LogP contribution >= 0.6 is 0 Å². The minimum Gasteiger partial charge on any atom is -0.0836 e. The van der Waals surface area contributed by atoms with E-state index >= 15 is 0 Å². The third-order valence-corrected chi connectivity index (χ3v) is 12.4. The highest BCUT2D eigenvalue weighted by molar-refractivity contribution is 5.96. The monoisotopic (exact) mass is 674 g/mol. The van der Waals surface area contributed by atoms with Gasteiger partial charge in [-0.05, 0) is 147 Å². The molecule has 11 rings (SSSR count). The van der Waals surface area contributed by atoms with Crippen LogP contribution in [0.3, 0.4) is 0 Å². The minimum absolute atomic E-state index is 0.160. The van der Waals surface area contributed by atoms with Crippen molar-refractivity contribution in [1.82, 2.24) is 0 Å². The van der Waals surface area contributed by atoms with Crippen LogP contribution in [0, 0.1) is 5.92 Å². The highest BCUT2D eigenvalue weighted by Crippen LogP contribution is 2.50. The Hall–Kier alpha value is -6.24. The fourth-order valence-corrected chi connectivity index (χ4v) is 9.64. The first-order valence-electron chi connectivity index (χ1n) is 18.9. The number of benzene rings is 8. The third kappa shape index (κ3) is 4.62. The first-order valence-corrected chi connectivity index (χ1v) is 18.9. The van der Waals surface area contributed by atoms with Crippen LogP contribution in [0.2, 0.25) is 0 Å². The lowest BCUT2D eigenvalue weighted by molar-refractivity contribution is 0.659. The van der Waals surface area contributed by atoms with E-state index in [1.54, 1.807) is 0 Å². The van der Waals surface area contributed by atoms with Gasteiger partial charge in [-0.15, -0.1) is 0 Å². The molecule has 0 saturated carbocycles. The molecule has 0 radical (unpaired) electrons. The zero-order valence-corrected chi connectivity index (χ0v) is 30.0. The van der Waals surface area contributed by atoms with Crippen LogP contribution in [0.5, 0.6) is 0 Å². The van der Waals surface area contributed by atoms with Gasteiger partial charge in [-0.2, -0.15) is 0 Å². The maximum absolute atomic E-state index is 2.58. The van der Waals surface area contributed by atoms with Crippen LogP contribution in [0.25, 0.3) is 65.7 Å². The van der Waals surface area contributed by atoms with E-state index < -0.39 is 0 Å². The summed E-state index contributed by atoms with van der Waals surface area (Å²) in [6.45, 7) is 4.85. The van der Waals surface area contributed by atoms with Crippen LogP contribution in [0.4, 0.5) is 0 Å². The summed E-state index contributed by atoms with van der Waals surface area (Å²) < 4.78 is 0. The normalized spacial score (nSPS) is 16.7. The molecule has 0 nitrogen and oxygen atoms in total. The second kappa shape index (κ2) is 11.4. The molecule has 0 aliphatic heterocycles. The molecule has 0 fully saturated rings. The third-order valence-electron chi connectivity index (χ3n) is 12.4. The molecular formula is C53H38. The molecule has 0 saturated heterocycles. The predicted octanol–water partition coefficient (Wildman–Crippen LogP) is 12.0. The molecule has 0 heteroatoms. The molecule has 0 bridgehead atoms. The van der Waals surface area contributed by atoms with Crippen LogP contribution in [0.15, 0.2) is 182 Å². The summed E-state index contributed by atoms with van der Waals surface area (Å²) in [6, 6.07) is 59.5. The van der Waals surface area contributed by atoms with E-state index in [9.17, 15) is 0 Å². The molecule has 0 heterocycles. The van der Waals surface area contributed by atoms with Crippen LogP contribution in [-0.2, 0) is 5.41 Å². The second-order valence-corrected chi connectivity index (χ2v) is 15.6. The number of hydrogen-bond acceptors (Lipinski definition) is 0. The predicted molar refractivity (Wildman–Crippen MR) is 224 cm³/mol. The Morgan fingerprint density at radius 1 is 0.453 bits per heavy atom. The van der Waals surface area contributed by atoms with Crippen molar-refractivity contribution >= 4 is 43.5 Å². The van der Waals surface area contributed by atoms with E-state index in [1.165, 1.54) is 104 Å². The van der Waals surface area contributed by atoms with E-state index in [2.05, 4.69) is 190 Å². The van der Waals surface area contributed by atoms with Gasteiger partial charge in [-0.3, -0.25) is 0 Å². The topological polar surface area (TPSA) is 0 Å². The van der Waals surface area contributed by atoms with Crippen LogP contribution < -0.4 is 10.4 Å². The van der Waals surface area contributed by atoms with Gasteiger partial charge in [0.05, 0.1) is 0 Å². The van der Waals surface area contributed by atoms with Crippen molar-refractivity contribution in [2.24, 2.45) is 5.92 Å². The Bertz CT molecular complexity index is 3060. The Labute approximate surface area is 310 Å². The molecule has 1 unspecified atom stereocenters. The van der Waals surface area contributed by atoms with E-state index in [4.69, 9.17) is 0 Å². The number of fused-ring (bicyclic) bond motifs is 8. The van der Waals surface area contributed by atoms with Crippen molar-refractivity contribution in [3.05, 3.63) is 214 Å². The number of allylic oxidation sites excluding steroid dienone is 4. The van der Waals surface area contributed by atoms with Crippen LogP contribution in [0.1, 0.15) is 42.5 Å². The fraction of sp³-hybridized carbons (Fsp3) is 0.0943. The van der Waals surface area contributed by atoms with Crippen molar-refractivity contribution in [2.45, 2.75) is 25.7 Å². The molecule has 8 aromatic carbocycles. The maximum atomic E-state index is 2.58. The Balaban J connectivity index is 1.21. The van der Waals surface area contributed by atoms with E-state index in [0.29, 0.717) is 0 Å². The van der Waals surface area contributed by atoms with Gasteiger partial charge in [0.1, 0.15) is 0 Å². The highest BCUT2D eigenvalue weighted by Gasteiger charge is 2.38. The van der Waals surface area contributed by atoms with Crippen molar-refractivity contribution in [3.63, 3.8) is 0 Å². The van der Waals surface area contributed by atoms with E-state index in [0.717, 1.165) is 6.42 Å². The number of rotatable bonds is 3. The van der Waals surface area contributed by atoms with Crippen molar-refractivity contribution in [3.8, 4) is 22.3 Å². The molecule has 0 N–H and O–H groups in total. The average Bonchev–Trinajstić information content (AvgIpc) is 3.43. The number of hydrogen-bond donors (Lipinski definition) is 0. The van der Waals surface area contributed by atoms with Gasteiger partial charge in [-0.25, -0.2) is 0 Å². The van der Waals surface area contributed by atoms with Crippen molar-refractivity contribution in [2.75, 3.05) is 0 Å². The SMILES string of the molecule is CC1(C)c2cc(-c3ccc4ccccc4c3)ccc2-c2cc3c(cc21)=C(c1ccc2ccccc2c1)C1CC=CC=C1C=3c1ccc2ccccc2c1. The van der Waals surface area contributed by atoms with Crippen molar-refractivity contribution < 1.29 is 0 Å². The molecule has 53 heavy (non-hydrogen) atoms. The zero-order chi connectivity index (χ0) is 35.3. The Kier molecular flexibility index (Phi) is 6.53. The molecule has 250 valence electrons. The Morgan fingerprint density at radius 2 is 0.981 bits per heavy atom. The summed E-state index contributed by atoms with van der Waals surface area (Å²) in [6.07, 6.45) is 8.01. The molecule has 0 amide bonds. The first-order chi connectivity index (χ1) is 26.0. The molecule has 0 aromatic heterocycles. The van der Waals surface area contributed by atoms with Gasteiger partial charge in [0.25, 0.3) is 0 Å². The van der Waals surface area contributed by atoms with Gasteiger partial charge >= 0.3 is 0 Å². The summed E-state index contributed by atoms with van der Waals surface area (Å²) in [5.74, 6) is 0.263. The lowest BCUT2D eigenvalue weighted by Gasteiger charge is -2.32. The van der Waals surface area contributed by atoms with Crippen molar-refractivity contribution in [1.29, 1.82) is 0 Å². The lowest BCUT2D eigenvalue weighted by Crippen LogP contribution is -2.39. The summed E-state index contributed by atoms with van der Waals surface area (Å²) in [4.78, 5) is 0. The highest BCUT2D eigenvalue weighted by atomic mass is 14.4. The molecule has 0 spiro atoms. The van der Waals surface area contributed by atoms with Crippen LogP contribution in [-0.4, -0.2) is 0 Å². The zero-order valence-electron chi connectivity index (χ0n) is 30.0. The molecule has 3 aliphatic carbocycles. The Morgan fingerprint density at radius 3 is 1.66 bits per heavy atom. The van der Waals surface area contributed by atoms with Gasteiger partial charge in [0, 0.05) is 11.3 Å². The van der Waals surface area contributed by atoms with E-state index in [1.807, 2.05) is 0 Å². The van der Waals surface area contributed by atoms with Gasteiger partial charge in [0.2, 0.25) is 0 Å². The maximum Gasteiger partial charge on any atom is 0.0159 e. The summed E-state index contributed by atoms with van der Waals surface area (Å²) in [7, 11) is 0. The summed E-state index contributed by atoms with van der Waals surface area (Å²) in [5, 5.41) is 10.4. The smallest absolute Gasteiger partial charge is 0.0159 e. The lowest BCUT2D eigenvalue weighted by atomic mass is 9.71. The molecule has 8 aromatic rings. The largest absolute Gasteiger partial charge is 0.0836 e. The summed E-state index contributed by atoms with van der Waals surface area (Å²) in [5.41, 5.74) is 14.7. The second-order valence-electron chi connectivity index (χ2n) is 15.6. The molecule has 3 aliphatic rings. The van der Waals surface area contributed by atoms with Gasteiger partial charge < -0.3 is 0 Å². The summed E-state index contributed by atoms with van der Waals surface area (Å²) >= 11 is 0. The standard InChI is InChI=1S/C53H38/c1-53(2)49-30-40(39-22-19-33-11-3-6-14-36(33)27-39)25-26-43(49)46-31-47-48(32-50(46)53)52(42-24-21-35-13-5-8-16-38(35)29-42)45-18-10-9-17-44(45)51(47)41-23-20-34-12-4-7-15-37(34)28-41/h3-17,19-32,45H,18H2,1-2H3. The average molecular weight is 675 g/mol. The van der Waals surface area contributed by atoms with Gasteiger partial charge in [0.15, 0.2) is 0 Å². The molecular weight excluding hydrogens is 637 g/mol. The first kappa shape index (κ1) is 30.4. The van der Waals surface area contributed by atoms with Gasteiger partial charge in [-0.1, -0.05) is 153 Å². The molecule has 1 atom stereocenters. The van der Waals surface area contributed by atoms with E-state index in [-0.39, 0.29) is 11.3 Å². The fourth-order valence-electron chi connectivity index (χ4n) is 9.64. The quantitative estimate of drug-likeness (QED) is 0.175. The minimum atomic E-state index is -0.160.